The molecule has 7 nitrogen and oxygen atoms in total. The third-order valence-electron chi connectivity index (χ3n) is 4.45. The molecule has 0 bridgehead atoms. The van der Waals surface area contributed by atoms with E-state index in [1.807, 2.05) is 13.0 Å². The van der Waals surface area contributed by atoms with Crippen molar-refractivity contribution in [2.75, 3.05) is 0 Å². The van der Waals surface area contributed by atoms with Gasteiger partial charge in [0, 0.05) is 31.1 Å². The van der Waals surface area contributed by atoms with Crippen LogP contribution in [0.25, 0.3) is 0 Å². The van der Waals surface area contributed by atoms with Gasteiger partial charge >= 0.3 is 0 Å². The van der Waals surface area contributed by atoms with Crippen LogP contribution in [0, 0.1) is 6.92 Å². The van der Waals surface area contributed by atoms with Gasteiger partial charge in [0.05, 0.1) is 12.1 Å². The molecule has 2 aromatic heterocycles. The summed E-state index contributed by atoms with van der Waals surface area (Å²) in [6, 6.07) is 4.79. The van der Waals surface area contributed by atoms with Gasteiger partial charge in [0.15, 0.2) is 0 Å². The predicted octanol–water partition coefficient (Wildman–Crippen LogP) is 0.131. The summed E-state index contributed by atoms with van der Waals surface area (Å²) in [4.78, 5) is 16.5. The maximum Gasteiger partial charge on any atom is 0.272 e. The number of aryl methyl sites for hydroxylation is 2. The van der Waals surface area contributed by atoms with E-state index in [9.17, 15) is 15.0 Å². The number of aliphatic hydroxyl groups is 2. The Morgan fingerprint density at radius 1 is 1.43 bits per heavy atom. The van der Waals surface area contributed by atoms with Crippen LogP contribution in [-0.4, -0.2) is 49.1 Å². The van der Waals surface area contributed by atoms with Gasteiger partial charge in [-0.15, -0.1) is 0 Å². The van der Waals surface area contributed by atoms with E-state index in [0.717, 1.165) is 11.3 Å². The van der Waals surface area contributed by atoms with Gasteiger partial charge < -0.3 is 15.5 Å². The van der Waals surface area contributed by atoms with E-state index < -0.39 is 18.2 Å². The monoisotopic (exact) mass is 316 g/mol. The van der Waals surface area contributed by atoms with Crippen molar-refractivity contribution in [3.8, 4) is 0 Å². The zero-order chi connectivity index (χ0) is 16.6. The zero-order valence-electron chi connectivity index (χ0n) is 13.0. The van der Waals surface area contributed by atoms with Crippen LogP contribution in [0.2, 0.25) is 0 Å². The maximum absolute atomic E-state index is 12.4. The van der Waals surface area contributed by atoms with Crippen molar-refractivity contribution in [1.29, 1.82) is 0 Å². The van der Waals surface area contributed by atoms with Gasteiger partial charge in [-0.1, -0.05) is 6.07 Å². The topological polar surface area (TPSA) is 100 Å². The fraction of sp³-hybridized carbons (Fsp3) is 0.438. The van der Waals surface area contributed by atoms with Crippen LogP contribution < -0.4 is 5.32 Å². The first-order chi connectivity index (χ1) is 11.0. The average molecular weight is 316 g/mol. The number of pyridine rings is 1. The lowest BCUT2D eigenvalue weighted by Gasteiger charge is -2.23. The molecule has 7 heteroatoms. The van der Waals surface area contributed by atoms with Crippen LogP contribution >= 0.6 is 0 Å². The standard InChI is InChI=1S/C16H20N4O3/c1-9-6-12(19-20(9)2)16(23)18-14-11(7-13(21)15(14)22)10-4-3-5-17-8-10/h3-6,8,11,13-15,21-22H,7H2,1-2H3,(H,18,23)/t11-,13-,14-,15-/m1/s1. The lowest BCUT2D eigenvalue weighted by Crippen LogP contribution is -2.45. The summed E-state index contributed by atoms with van der Waals surface area (Å²) in [5, 5.41) is 27.2. The summed E-state index contributed by atoms with van der Waals surface area (Å²) >= 11 is 0. The zero-order valence-corrected chi connectivity index (χ0v) is 13.0. The van der Waals surface area contributed by atoms with Gasteiger partial charge in [-0.3, -0.25) is 14.5 Å². The highest BCUT2D eigenvalue weighted by molar-refractivity contribution is 5.92. The Kier molecular flexibility index (Phi) is 4.14. The van der Waals surface area contributed by atoms with Crippen LogP contribution in [0.5, 0.6) is 0 Å². The summed E-state index contributed by atoms with van der Waals surface area (Å²) in [6.45, 7) is 1.86. The molecule has 1 fully saturated rings. The highest BCUT2D eigenvalue weighted by Crippen LogP contribution is 2.35. The molecule has 3 rings (SSSR count). The Hall–Kier alpha value is -2.25. The van der Waals surface area contributed by atoms with Crippen LogP contribution in [0.3, 0.4) is 0 Å². The highest BCUT2D eigenvalue weighted by atomic mass is 16.3. The molecule has 122 valence electrons. The summed E-state index contributed by atoms with van der Waals surface area (Å²) in [5.74, 6) is -0.553. The third kappa shape index (κ3) is 2.97. The van der Waals surface area contributed by atoms with Gasteiger partial charge in [-0.05, 0) is 31.0 Å². The molecule has 1 aliphatic carbocycles. The van der Waals surface area contributed by atoms with Crippen LogP contribution in [-0.2, 0) is 7.05 Å². The van der Waals surface area contributed by atoms with Crippen molar-refractivity contribution in [2.24, 2.45) is 7.05 Å². The Labute approximate surface area is 134 Å². The Balaban J connectivity index is 1.82. The molecule has 1 amide bonds. The summed E-state index contributed by atoms with van der Waals surface area (Å²) < 4.78 is 1.62. The number of carbonyl (C=O) groups excluding carboxylic acids is 1. The molecule has 2 heterocycles. The van der Waals surface area contributed by atoms with Crippen molar-refractivity contribution in [2.45, 2.75) is 37.5 Å². The van der Waals surface area contributed by atoms with Gasteiger partial charge in [-0.2, -0.15) is 5.10 Å². The maximum atomic E-state index is 12.4. The summed E-state index contributed by atoms with van der Waals surface area (Å²) in [7, 11) is 1.76. The van der Waals surface area contributed by atoms with Crippen LogP contribution in [0.1, 0.15) is 34.1 Å². The molecule has 0 saturated heterocycles. The number of aromatic nitrogens is 3. The first-order valence-corrected chi connectivity index (χ1v) is 7.55. The van der Waals surface area contributed by atoms with E-state index in [-0.39, 0.29) is 11.8 Å². The quantitative estimate of drug-likeness (QED) is 0.747. The first-order valence-electron chi connectivity index (χ1n) is 7.55. The van der Waals surface area contributed by atoms with Gasteiger partial charge in [0.2, 0.25) is 0 Å². The minimum atomic E-state index is -1.02. The van der Waals surface area contributed by atoms with Crippen LogP contribution in [0.4, 0.5) is 0 Å². The molecular weight excluding hydrogens is 296 g/mol. The summed E-state index contributed by atoms with van der Waals surface area (Å²) in [5.41, 5.74) is 2.04. The lowest BCUT2D eigenvalue weighted by atomic mass is 9.95. The molecule has 1 aliphatic rings. The largest absolute Gasteiger partial charge is 0.390 e. The van der Waals surface area contributed by atoms with Crippen LogP contribution in [0.15, 0.2) is 30.6 Å². The Bertz CT molecular complexity index is 681. The van der Waals surface area contributed by atoms with Gasteiger partial charge in [0.25, 0.3) is 5.91 Å². The number of hydrogen-bond acceptors (Lipinski definition) is 5. The highest BCUT2D eigenvalue weighted by Gasteiger charge is 2.43. The van der Waals surface area contributed by atoms with E-state index in [4.69, 9.17) is 0 Å². The van der Waals surface area contributed by atoms with E-state index in [1.165, 1.54) is 0 Å². The number of carbonyl (C=O) groups is 1. The van der Waals surface area contributed by atoms with E-state index in [1.54, 1.807) is 36.3 Å². The third-order valence-corrected chi connectivity index (χ3v) is 4.45. The molecule has 0 aromatic carbocycles. The number of aliphatic hydroxyl groups excluding tert-OH is 2. The second-order valence-corrected chi connectivity index (χ2v) is 5.98. The average Bonchev–Trinajstić information content (AvgIpc) is 3.02. The van der Waals surface area contributed by atoms with Crippen molar-refractivity contribution >= 4 is 5.91 Å². The molecule has 4 atom stereocenters. The number of nitrogens with one attached hydrogen (secondary N) is 1. The van der Waals surface area contributed by atoms with Crippen molar-refractivity contribution in [3.05, 3.63) is 47.5 Å². The minimum absolute atomic E-state index is 0.192. The Morgan fingerprint density at radius 3 is 2.83 bits per heavy atom. The normalized spacial score (nSPS) is 27.1. The van der Waals surface area contributed by atoms with Crippen molar-refractivity contribution < 1.29 is 15.0 Å². The second-order valence-electron chi connectivity index (χ2n) is 5.98. The van der Waals surface area contributed by atoms with Gasteiger partial charge in [0.1, 0.15) is 11.8 Å². The van der Waals surface area contributed by atoms with Crippen molar-refractivity contribution in [1.82, 2.24) is 20.1 Å². The first kappa shape index (κ1) is 15.6. The molecule has 2 aromatic rings. The number of hydrogen-bond donors (Lipinski definition) is 3. The fourth-order valence-corrected chi connectivity index (χ4v) is 3.05. The Morgan fingerprint density at radius 2 is 2.22 bits per heavy atom. The molecule has 1 saturated carbocycles. The number of rotatable bonds is 3. The second kappa shape index (κ2) is 6.10. The van der Waals surface area contributed by atoms with E-state index in [0.29, 0.717) is 12.1 Å². The summed E-state index contributed by atoms with van der Waals surface area (Å²) in [6.07, 6.45) is 1.83. The van der Waals surface area contributed by atoms with Crippen molar-refractivity contribution in [3.63, 3.8) is 0 Å². The van der Waals surface area contributed by atoms with Gasteiger partial charge in [-0.25, -0.2) is 0 Å². The molecular formula is C16H20N4O3. The number of nitrogens with zero attached hydrogens (tertiary/aromatic N) is 3. The number of amides is 1. The molecule has 0 unspecified atom stereocenters. The smallest absolute Gasteiger partial charge is 0.272 e. The SMILES string of the molecule is Cc1cc(C(=O)N[C@H]2[C@H](O)[C@H](O)C[C@@H]2c2cccnc2)nn1C. The predicted molar refractivity (Wildman–Crippen MR) is 82.8 cm³/mol. The fourth-order valence-electron chi connectivity index (χ4n) is 3.05. The van der Waals surface area contributed by atoms with E-state index >= 15 is 0 Å². The van der Waals surface area contributed by atoms with E-state index in [2.05, 4.69) is 15.4 Å². The minimum Gasteiger partial charge on any atom is -0.390 e. The molecule has 3 N–H and O–H groups in total. The molecule has 0 aliphatic heterocycles. The molecule has 23 heavy (non-hydrogen) atoms. The lowest BCUT2D eigenvalue weighted by molar-refractivity contribution is 0.0294. The molecule has 0 radical (unpaired) electrons. The molecule has 0 spiro atoms.